The molecule has 1 aromatic carbocycles. The molecule has 1 unspecified atom stereocenters. The Kier molecular flexibility index (Phi) is 4.92. The van der Waals surface area contributed by atoms with Gasteiger partial charge in [0, 0.05) is 5.56 Å². The summed E-state index contributed by atoms with van der Waals surface area (Å²) in [6.07, 6.45) is 2.33. The standard InChI is InChI=1S/C17H24FNO/c1-12(2)14-8-10-19(11-9-14)13(3)17(20)15-4-6-16(18)7-5-15/h4-7,12-14H,8-11H2,1-3H3. The Morgan fingerprint density at radius 2 is 1.70 bits per heavy atom. The van der Waals surface area contributed by atoms with E-state index < -0.39 is 0 Å². The Morgan fingerprint density at radius 1 is 1.15 bits per heavy atom. The van der Waals surface area contributed by atoms with Crippen LogP contribution in [0, 0.1) is 17.7 Å². The predicted octanol–water partition coefficient (Wildman–Crippen LogP) is 3.76. The van der Waals surface area contributed by atoms with E-state index in [9.17, 15) is 9.18 Å². The van der Waals surface area contributed by atoms with Gasteiger partial charge in [0.2, 0.25) is 0 Å². The minimum Gasteiger partial charge on any atom is -0.293 e. The normalized spacial score (nSPS) is 19.2. The van der Waals surface area contributed by atoms with Gasteiger partial charge in [-0.25, -0.2) is 4.39 Å². The lowest BCUT2D eigenvalue weighted by molar-refractivity contribution is 0.0743. The number of carbonyl (C=O) groups is 1. The van der Waals surface area contributed by atoms with Crippen molar-refractivity contribution in [1.82, 2.24) is 4.90 Å². The maximum Gasteiger partial charge on any atom is 0.179 e. The predicted molar refractivity (Wildman–Crippen MR) is 79.3 cm³/mol. The Bertz CT molecular complexity index is 447. The van der Waals surface area contributed by atoms with E-state index in [1.54, 1.807) is 12.1 Å². The third-order valence-electron chi connectivity index (χ3n) is 4.57. The highest BCUT2D eigenvalue weighted by atomic mass is 19.1. The van der Waals surface area contributed by atoms with Crippen LogP contribution in [0.15, 0.2) is 24.3 Å². The first-order valence-corrected chi connectivity index (χ1v) is 7.53. The summed E-state index contributed by atoms with van der Waals surface area (Å²) in [5, 5.41) is 0. The maximum atomic E-state index is 12.9. The van der Waals surface area contributed by atoms with Crippen LogP contribution in [0.4, 0.5) is 4.39 Å². The summed E-state index contributed by atoms with van der Waals surface area (Å²) in [6, 6.07) is 5.74. The van der Waals surface area contributed by atoms with E-state index in [1.165, 1.54) is 25.0 Å². The molecule has 2 nitrogen and oxygen atoms in total. The van der Waals surface area contributed by atoms with Gasteiger partial charge in [-0.2, -0.15) is 0 Å². The number of nitrogens with zero attached hydrogens (tertiary/aromatic N) is 1. The molecule has 1 aromatic rings. The van der Waals surface area contributed by atoms with Crippen molar-refractivity contribution in [3.05, 3.63) is 35.6 Å². The zero-order chi connectivity index (χ0) is 14.7. The molecule has 0 spiro atoms. The van der Waals surface area contributed by atoms with Crippen LogP contribution < -0.4 is 0 Å². The summed E-state index contributed by atoms with van der Waals surface area (Å²) in [6.45, 7) is 8.47. The largest absolute Gasteiger partial charge is 0.293 e. The van der Waals surface area contributed by atoms with Gasteiger partial charge in [0.1, 0.15) is 5.82 Å². The fraction of sp³-hybridized carbons (Fsp3) is 0.588. The number of halogens is 1. The van der Waals surface area contributed by atoms with Gasteiger partial charge in [0.25, 0.3) is 0 Å². The van der Waals surface area contributed by atoms with E-state index in [0.29, 0.717) is 5.56 Å². The minimum atomic E-state index is -0.299. The molecule has 0 radical (unpaired) electrons. The molecule has 20 heavy (non-hydrogen) atoms. The van der Waals surface area contributed by atoms with Crippen LogP contribution in [-0.2, 0) is 0 Å². The van der Waals surface area contributed by atoms with Crippen LogP contribution in [0.1, 0.15) is 44.0 Å². The summed E-state index contributed by atoms with van der Waals surface area (Å²) in [7, 11) is 0. The lowest BCUT2D eigenvalue weighted by Crippen LogP contribution is -2.44. The second-order valence-electron chi connectivity index (χ2n) is 6.16. The second kappa shape index (κ2) is 6.49. The minimum absolute atomic E-state index is 0.0907. The molecule has 110 valence electrons. The van der Waals surface area contributed by atoms with Gasteiger partial charge in [-0.3, -0.25) is 9.69 Å². The number of carbonyl (C=O) groups excluding carboxylic acids is 1. The lowest BCUT2D eigenvalue weighted by Gasteiger charge is -2.36. The zero-order valence-electron chi connectivity index (χ0n) is 12.6. The second-order valence-corrected chi connectivity index (χ2v) is 6.16. The van der Waals surface area contributed by atoms with Crippen molar-refractivity contribution in [2.45, 2.75) is 39.7 Å². The highest BCUT2D eigenvalue weighted by Gasteiger charge is 2.28. The van der Waals surface area contributed by atoms with E-state index in [2.05, 4.69) is 18.7 Å². The van der Waals surface area contributed by atoms with Crippen molar-refractivity contribution >= 4 is 5.78 Å². The smallest absolute Gasteiger partial charge is 0.179 e. The van der Waals surface area contributed by atoms with Crippen molar-refractivity contribution < 1.29 is 9.18 Å². The number of likely N-dealkylation sites (tertiary alicyclic amines) is 1. The van der Waals surface area contributed by atoms with Gasteiger partial charge in [0.15, 0.2) is 5.78 Å². The molecule has 1 aliphatic heterocycles. The molecule has 1 heterocycles. The Labute approximate surface area is 121 Å². The van der Waals surface area contributed by atoms with Gasteiger partial charge in [-0.1, -0.05) is 13.8 Å². The van der Waals surface area contributed by atoms with Gasteiger partial charge in [0.05, 0.1) is 6.04 Å². The lowest BCUT2D eigenvalue weighted by atomic mass is 9.86. The number of Topliss-reactive ketones (excluding diaryl/α,β-unsaturated/α-hetero) is 1. The fourth-order valence-corrected chi connectivity index (χ4v) is 2.99. The first-order chi connectivity index (χ1) is 9.49. The molecular formula is C17H24FNO. The van der Waals surface area contributed by atoms with Crippen LogP contribution in [0.3, 0.4) is 0 Å². The molecule has 1 atom stereocenters. The van der Waals surface area contributed by atoms with Crippen LogP contribution >= 0.6 is 0 Å². The number of ketones is 1. The van der Waals surface area contributed by atoms with Gasteiger partial charge in [-0.15, -0.1) is 0 Å². The summed E-state index contributed by atoms with van der Waals surface area (Å²) < 4.78 is 12.9. The van der Waals surface area contributed by atoms with Crippen molar-refractivity contribution in [3.63, 3.8) is 0 Å². The summed E-state index contributed by atoms with van der Waals surface area (Å²) >= 11 is 0. The number of hydrogen-bond donors (Lipinski definition) is 0. The molecule has 1 aliphatic rings. The molecule has 1 saturated heterocycles. The molecule has 0 aromatic heterocycles. The molecule has 0 saturated carbocycles. The summed E-state index contributed by atoms with van der Waals surface area (Å²) in [4.78, 5) is 14.7. The Hall–Kier alpha value is -1.22. The molecule has 0 amide bonds. The van der Waals surface area contributed by atoms with E-state index in [4.69, 9.17) is 0 Å². The van der Waals surface area contributed by atoms with Crippen LogP contribution in [0.2, 0.25) is 0 Å². The van der Waals surface area contributed by atoms with Gasteiger partial charge >= 0.3 is 0 Å². The summed E-state index contributed by atoms with van der Waals surface area (Å²) in [5.41, 5.74) is 0.602. The molecular weight excluding hydrogens is 253 g/mol. The molecule has 3 heteroatoms. The van der Waals surface area contributed by atoms with E-state index in [-0.39, 0.29) is 17.6 Å². The van der Waals surface area contributed by atoms with Crippen molar-refractivity contribution in [1.29, 1.82) is 0 Å². The molecule has 0 aliphatic carbocycles. The topological polar surface area (TPSA) is 20.3 Å². The first-order valence-electron chi connectivity index (χ1n) is 7.53. The number of hydrogen-bond acceptors (Lipinski definition) is 2. The Morgan fingerprint density at radius 3 is 2.20 bits per heavy atom. The van der Waals surface area contributed by atoms with Gasteiger partial charge < -0.3 is 0 Å². The Balaban J connectivity index is 1.96. The molecule has 0 bridgehead atoms. The monoisotopic (exact) mass is 277 g/mol. The van der Waals surface area contributed by atoms with Crippen LogP contribution in [0.5, 0.6) is 0 Å². The third kappa shape index (κ3) is 3.45. The quantitative estimate of drug-likeness (QED) is 0.781. The zero-order valence-corrected chi connectivity index (χ0v) is 12.6. The van der Waals surface area contributed by atoms with E-state index >= 15 is 0 Å². The average molecular weight is 277 g/mol. The number of piperidine rings is 1. The van der Waals surface area contributed by atoms with Crippen LogP contribution in [-0.4, -0.2) is 29.8 Å². The SMILES string of the molecule is CC(C)C1CCN(C(C)C(=O)c2ccc(F)cc2)CC1. The average Bonchev–Trinajstić information content (AvgIpc) is 2.46. The number of rotatable bonds is 4. The maximum absolute atomic E-state index is 12.9. The van der Waals surface area contributed by atoms with E-state index in [0.717, 1.165) is 24.9 Å². The van der Waals surface area contributed by atoms with Crippen molar-refractivity contribution in [2.24, 2.45) is 11.8 Å². The number of benzene rings is 1. The molecule has 2 rings (SSSR count). The van der Waals surface area contributed by atoms with E-state index in [1.807, 2.05) is 6.92 Å². The van der Waals surface area contributed by atoms with Crippen LogP contribution in [0.25, 0.3) is 0 Å². The highest BCUT2D eigenvalue weighted by Crippen LogP contribution is 2.26. The third-order valence-corrected chi connectivity index (χ3v) is 4.57. The van der Waals surface area contributed by atoms with Crippen molar-refractivity contribution in [2.75, 3.05) is 13.1 Å². The highest BCUT2D eigenvalue weighted by molar-refractivity contribution is 5.99. The fourth-order valence-electron chi connectivity index (χ4n) is 2.99. The first kappa shape index (κ1) is 15.2. The molecule has 1 fully saturated rings. The molecule has 0 N–H and O–H groups in total. The van der Waals surface area contributed by atoms with Crippen molar-refractivity contribution in [3.8, 4) is 0 Å². The van der Waals surface area contributed by atoms with Gasteiger partial charge in [-0.05, 0) is 69.0 Å². The summed E-state index contributed by atoms with van der Waals surface area (Å²) in [5.74, 6) is 1.29.